The molecule has 27 heavy (non-hydrogen) atoms. The molecule has 0 N–H and O–H groups in total. The second kappa shape index (κ2) is 6.93. The fourth-order valence-electron chi connectivity index (χ4n) is 4.65. The zero-order valence-electron chi connectivity index (χ0n) is 15.0. The van der Waals surface area contributed by atoms with Gasteiger partial charge in [-0.2, -0.15) is 4.31 Å². The highest BCUT2D eigenvalue weighted by atomic mass is 32.2. The van der Waals surface area contributed by atoms with Gasteiger partial charge < -0.3 is 4.90 Å². The first-order valence-corrected chi connectivity index (χ1v) is 12.1. The maximum absolute atomic E-state index is 13.1. The summed E-state index contributed by atoms with van der Waals surface area (Å²) in [4.78, 5) is 13.7. The number of piperidine rings is 1. The molecular weight excluding hydrogens is 391 g/mol. The summed E-state index contributed by atoms with van der Waals surface area (Å²) in [6, 6.07) is 4.91. The average molecular weight is 415 g/mol. The van der Waals surface area contributed by atoms with Gasteiger partial charge in [-0.3, -0.25) is 9.00 Å². The van der Waals surface area contributed by atoms with E-state index in [0.29, 0.717) is 12.8 Å². The lowest BCUT2D eigenvalue weighted by molar-refractivity contribution is -0.133. The van der Waals surface area contributed by atoms with Gasteiger partial charge in [0.25, 0.3) is 0 Å². The first kappa shape index (κ1) is 19.0. The Bertz CT molecular complexity index is 858. The fourth-order valence-corrected chi connectivity index (χ4v) is 7.83. The first-order chi connectivity index (χ1) is 12.8. The van der Waals surface area contributed by atoms with Gasteiger partial charge in [0, 0.05) is 19.1 Å². The molecule has 1 spiro atoms. The van der Waals surface area contributed by atoms with Crippen LogP contribution >= 0.6 is 0 Å². The van der Waals surface area contributed by atoms with Gasteiger partial charge in [-0.05, 0) is 49.9 Å². The van der Waals surface area contributed by atoms with Crippen molar-refractivity contribution in [1.29, 1.82) is 0 Å². The smallest absolute Gasteiger partial charge is 0.243 e. The van der Waals surface area contributed by atoms with Gasteiger partial charge in [-0.1, -0.05) is 12.8 Å². The van der Waals surface area contributed by atoms with Crippen LogP contribution < -0.4 is 0 Å². The van der Waals surface area contributed by atoms with Crippen molar-refractivity contribution >= 4 is 26.7 Å². The summed E-state index contributed by atoms with van der Waals surface area (Å²) in [6.07, 6.45) is 4.76. The van der Waals surface area contributed by atoms with Crippen LogP contribution in [0.15, 0.2) is 29.2 Å². The number of benzene rings is 1. The minimum atomic E-state index is -3.73. The van der Waals surface area contributed by atoms with Gasteiger partial charge in [0.1, 0.15) is 16.4 Å². The Balaban J connectivity index is 1.56. The van der Waals surface area contributed by atoms with E-state index in [-0.39, 0.29) is 35.7 Å². The Morgan fingerprint density at radius 2 is 1.67 bits per heavy atom. The van der Waals surface area contributed by atoms with Crippen molar-refractivity contribution in [1.82, 2.24) is 9.21 Å². The Labute approximate surface area is 161 Å². The lowest BCUT2D eigenvalue weighted by Gasteiger charge is -2.45. The molecule has 1 amide bonds. The summed E-state index contributed by atoms with van der Waals surface area (Å²) in [5.41, 5.74) is 0. The number of carbonyl (C=O) groups excluding carboxylic acids is 1. The molecule has 0 radical (unpaired) electrons. The predicted octanol–water partition coefficient (Wildman–Crippen LogP) is 1.84. The summed E-state index contributed by atoms with van der Waals surface area (Å²) in [5.74, 6) is -0.505. The summed E-state index contributed by atoms with van der Waals surface area (Å²) in [6.45, 7) is 0.421. The average Bonchev–Trinajstić information content (AvgIpc) is 3.23. The van der Waals surface area contributed by atoms with E-state index in [1.807, 2.05) is 4.90 Å². The molecule has 148 valence electrons. The molecule has 4 rings (SSSR count). The Hall–Kier alpha value is -1.32. The van der Waals surface area contributed by atoms with Crippen molar-refractivity contribution in [2.24, 2.45) is 0 Å². The van der Waals surface area contributed by atoms with E-state index in [4.69, 9.17) is 0 Å². The molecule has 2 aliphatic heterocycles. The standard InChI is InChI=1S/C18H23FN2O4S2/c19-14-5-7-16(8-6-14)27(24,25)20-11-9-18(10-12-20)21(15-3-1-2-4-15)17(22)13-26(18)23/h5-8,15H,1-4,9-13H2. The molecule has 0 aromatic heterocycles. The van der Waals surface area contributed by atoms with Crippen LogP contribution in [0.5, 0.6) is 0 Å². The number of nitrogens with zero attached hydrogens (tertiary/aromatic N) is 2. The number of rotatable bonds is 3. The Morgan fingerprint density at radius 3 is 2.26 bits per heavy atom. The lowest BCUT2D eigenvalue weighted by Crippen LogP contribution is -2.58. The molecule has 1 aromatic rings. The minimum absolute atomic E-state index is 0.0429. The highest BCUT2D eigenvalue weighted by molar-refractivity contribution is 7.89. The maximum atomic E-state index is 13.1. The van der Waals surface area contributed by atoms with Crippen LogP contribution in [0, 0.1) is 5.82 Å². The van der Waals surface area contributed by atoms with Crippen LogP contribution in [0.25, 0.3) is 0 Å². The second-order valence-corrected chi connectivity index (χ2v) is 11.2. The zero-order valence-corrected chi connectivity index (χ0v) is 16.6. The molecule has 3 aliphatic rings. The number of amides is 1. The molecule has 1 atom stereocenters. The lowest BCUT2D eigenvalue weighted by atomic mass is 10.0. The van der Waals surface area contributed by atoms with Crippen LogP contribution in [0.3, 0.4) is 0 Å². The molecule has 2 saturated heterocycles. The van der Waals surface area contributed by atoms with E-state index in [1.165, 1.54) is 16.4 Å². The molecule has 6 nitrogen and oxygen atoms in total. The topological polar surface area (TPSA) is 74.8 Å². The van der Waals surface area contributed by atoms with Crippen molar-refractivity contribution in [3.63, 3.8) is 0 Å². The maximum Gasteiger partial charge on any atom is 0.243 e. The van der Waals surface area contributed by atoms with Gasteiger partial charge in [0.2, 0.25) is 15.9 Å². The summed E-state index contributed by atoms with van der Waals surface area (Å²) in [5, 5.41) is 0. The van der Waals surface area contributed by atoms with Crippen molar-refractivity contribution in [3.05, 3.63) is 30.1 Å². The van der Waals surface area contributed by atoms with Gasteiger partial charge in [-0.15, -0.1) is 0 Å². The Kier molecular flexibility index (Phi) is 4.88. The van der Waals surface area contributed by atoms with E-state index < -0.39 is 31.5 Å². The molecular formula is C18H23FN2O4S2. The third-order valence-electron chi connectivity index (χ3n) is 6.03. The highest BCUT2D eigenvalue weighted by Gasteiger charge is 2.56. The van der Waals surface area contributed by atoms with Crippen LogP contribution in [-0.2, 0) is 25.6 Å². The van der Waals surface area contributed by atoms with Gasteiger partial charge in [0.05, 0.1) is 15.7 Å². The molecule has 0 bridgehead atoms. The summed E-state index contributed by atoms with van der Waals surface area (Å²) >= 11 is 0. The normalized spacial score (nSPS) is 26.9. The summed E-state index contributed by atoms with van der Waals surface area (Å²) in [7, 11) is -5.04. The Morgan fingerprint density at radius 1 is 1.07 bits per heavy atom. The van der Waals surface area contributed by atoms with Crippen molar-refractivity contribution in [2.75, 3.05) is 18.8 Å². The van der Waals surface area contributed by atoms with Crippen LogP contribution in [0.1, 0.15) is 38.5 Å². The fraction of sp³-hybridized carbons (Fsp3) is 0.611. The predicted molar refractivity (Wildman–Crippen MR) is 99.2 cm³/mol. The number of hydrogen-bond acceptors (Lipinski definition) is 4. The largest absolute Gasteiger partial charge is 0.322 e. The molecule has 2 heterocycles. The van der Waals surface area contributed by atoms with E-state index in [9.17, 15) is 21.8 Å². The third-order valence-corrected chi connectivity index (χ3v) is 9.91. The second-order valence-electron chi connectivity index (χ2n) is 7.50. The third kappa shape index (κ3) is 3.13. The van der Waals surface area contributed by atoms with Gasteiger partial charge in [0.15, 0.2) is 0 Å². The van der Waals surface area contributed by atoms with E-state index >= 15 is 0 Å². The molecule has 9 heteroatoms. The number of hydrogen-bond donors (Lipinski definition) is 0. The minimum Gasteiger partial charge on any atom is -0.322 e. The summed E-state index contributed by atoms with van der Waals surface area (Å²) < 4.78 is 53.0. The quantitative estimate of drug-likeness (QED) is 0.756. The molecule has 1 aliphatic carbocycles. The van der Waals surface area contributed by atoms with E-state index in [2.05, 4.69) is 0 Å². The van der Waals surface area contributed by atoms with E-state index in [0.717, 1.165) is 37.8 Å². The highest BCUT2D eigenvalue weighted by Crippen LogP contribution is 2.42. The molecule has 1 aromatic carbocycles. The van der Waals surface area contributed by atoms with Crippen LogP contribution in [-0.4, -0.2) is 57.5 Å². The van der Waals surface area contributed by atoms with Crippen LogP contribution in [0.4, 0.5) is 4.39 Å². The van der Waals surface area contributed by atoms with E-state index in [1.54, 1.807) is 0 Å². The van der Waals surface area contributed by atoms with Gasteiger partial charge in [-0.25, -0.2) is 12.8 Å². The van der Waals surface area contributed by atoms with Gasteiger partial charge >= 0.3 is 0 Å². The first-order valence-electron chi connectivity index (χ1n) is 9.31. The molecule has 1 unspecified atom stereocenters. The molecule has 3 fully saturated rings. The SMILES string of the molecule is O=C1CS(=O)C2(CCN(S(=O)(=O)c3ccc(F)cc3)CC2)N1C1CCCC1. The van der Waals surface area contributed by atoms with Crippen LogP contribution in [0.2, 0.25) is 0 Å². The number of carbonyl (C=O) groups is 1. The van der Waals surface area contributed by atoms with Crippen molar-refractivity contribution < 1.29 is 21.8 Å². The monoisotopic (exact) mass is 414 g/mol. The van der Waals surface area contributed by atoms with Crippen molar-refractivity contribution in [3.8, 4) is 0 Å². The number of halogens is 1. The number of sulfonamides is 1. The van der Waals surface area contributed by atoms with Crippen molar-refractivity contribution in [2.45, 2.75) is 54.3 Å². The zero-order chi connectivity index (χ0) is 19.2. The molecule has 1 saturated carbocycles.